The van der Waals surface area contributed by atoms with Crippen LogP contribution in [0.5, 0.6) is 0 Å². The Labute approximate surface area is 123 Å². The molecule has 0 saturated heterocycles. The third-order valence-corrected chi connectivity index (χ3v) is 6.53. The fraction of sp³-hybridized carbons (Fsp3) is 1.00. The monoisotopic (exact) mass is 292 g/mol. The van der Waals surface area contributed by atoms with Crippen LogP contribution < -0.4 is 4.72 Å². The van der Waals surface area contributed by atoms with Gasteiger partial charge in [0.2, 0.25) is 0 Å². The van der Waals surface area contributed by atoms with Gasteiger partial charge in [-0.3, -0.25) is 4.72 Å². The number of rotatable bonds is 11. The summed E-state index contributed by atoms with van der Waals surface area (Å²) in [6.45, 7) is 6.91. The van der Waals surface area contributed by atoms with Gasteiger partial charge in [-0.1, -0.05) is 6.92 Å². The van der Waals surface area contributed by atoms with E-state index < -0.39 is 10.2 Å². The minimum Gasteiger partial charge on any atom is -0.309 e. The minimum atomic E-state index is -0.665. The molecular formula is C14H36N4S. The van der Waals surface area contributed by atoms with Gasteiger partial charge in [-0.05, 0) is 66.8 Å². The van der Waals surface area contributed by atoms with Crippen LogP contribution in [-0.2, 0) is 0 Å². The smallest absolute Gasteiger partial charge is 0.0393 e. The minimum absolute atomic E-state index is 0.665. The molecule has 0 rings (SSSR count). The molecule has 0 aromatic heterocycles. The summed E-state index contributed by atoms with van der Waals surface area (Å²) in [5.41, 5.74) is 0. The number of hydrogen-bond acceptors (Lipinski definition) is 4. The number of nitrogens with zero attached hydrogens (tertiary/aromatic N) is 3. The summed E-state index contributed by atoms with van der Waals surface area (Å²) in [7, 11) is 10.2. The van der Waals surface area contributed by atoms with Crippen molar-refractivity contribution in [2.24, 2.45) is 0 Å². The van der Waals surface area contributed by atoms with Crippen molar-refractivity contribution in [3.05, 3.63) is 0 Å². The zero-order valence-corrected chi connectivity index (χ0v) is 15.0. The Hall–Kier alpha value is 0.190. The molecule has 0 fully saturated rings. The molecule has 0 spiro atoms. The Kier molecular flexibility index (Phi) is 10.1. The first kappa shape index (κ1) is 19.2. The zero-order valence-electron chi connectivity index (χ0n) is 14.2. The van der Waals surface area contributed by atoms with Crippen LogP contribution in [-0.4, -0.2) is 94.0 Å². The maximum atomic E-state index is 3.80. The molecule has 0 aromatic rings. The van der Waals surface area contributed by atoms with Crippen LogP contribution in [0.25, 0.3) is 0 Å². The maximum absolute atomic E-state index is 3.80. The van der Waals surface area contributed by atoms with Gasteiger partial charge in [0.05, 0.1) is 0 Å². The Morgan fingerprint density at radius 1 is 0.895 bits per heavy atom. The highest BCUT2D eigenvalue weighted by atomic mass is 32.3. The molecule has 118 valence electrons. The lowest BCUT2D eigenvalue weighted by Crippen LogP contribution is -2.36. The highest BCUT2D eigenvalue weighted by Crippen LogP contribution is 2.38. The lowest BCUT2D eigenvalue weighted by molar-refractivity contribution is 0.304. The quantitative estimate of drug-likeness (QED) is 0.620. The van der Waals surface area contributed by atoms with Crippen molar-refractivity contribution in [1.29, 1.82) is 0 Å². The van der Waals surface area contributed by atoms with Crippen LogP contribution >= 0.6 is 10.2 Å². The molecule has 1 atom stereocenters. The van der Waals surface area contributed by atoms with E-state index in [1.807, 2.05) is 0 Å². The second-order valence-electron chi connectivity index (χ2n) is 6.13. The molecule has 0 bridgehead atoms. The maximum Gasteiger partial charge on any atom is 0.0393 e. The van der Waals surface area contributed by atoms with Crippen molar-refractivity contribution in [2.75, 3.05) is 79.3 Å². The van der Waals surface area contributed by atoms with Gasteiger partial charge in [0, 0.05) is 19.0 Å². The molecule has 0 aliphatic heterocycles. The molecule has 1 unspecified atom stereocenters. The lowest BCUT2D eigenvalue weighted by atomic mass is 10.4. The molecule has 5 heteroatoms. The summed E-state index contributed by atoms with van der Waals surface area (Å²) in [6.07, 6.45) is 3.65. The largest absolute Gasteiger partial charge is 0.309 e. The summed E-state index contributed by atoms with van der Waals surface area (Å²) >= 11 is 0. The third kappa shape index (κ3) is 10.6. The average molecular weight is 293 g/mol. The van der Waals surface area contributed by atoms with E-state index in [1.54, 1.807) is 0 Å². The van der Waals surface area contributed by atoms with Crippen molar-refractivity contribution < 1.29 is 0 Å². The van der Waals surface area contributed by atoms with E-state index in [1.165, 1.54) is 31.1 Å². The molecule has 0 aliphatic rings. The predicted molar refractivity (Wildman–Crippen MR) is 91.3 cm³/mol. The topological polar surface area (TPSA) is 21.8 Å². The van der Waals surface area contributed by atoms with Gasteiger partial charge >= 0.3 is 0 Å². The molecule has 0 saturated carbocycles. The number of nitrogens with one attached hydrogen (secondary N) is 1. The first-order valence-electron chi connectivity index (χ1n) is 7.25. The van der Waals surface area contributed by atoms with E-state index in [2.05, 4.69) is 67.8 Å². The van der Waals surface area contributed by atoms with Gasteiger partial charge in [0.15, 0.2) is 0 Å². The number of likely N-dealkylation sites (N-methyl/N-ethyl adjacent to an activating group) is 1. The van der Waals surface area contributed by atoms with E-state index in [-0.39, 0.29) is 0 Å². The Morgan fingerprint density at radius 2 is 1.53 bits per heavy atom. The lowest BCUT2D eigenvalue weighted by Gasteiger charge is -2.39. The van der Waals surface area contributed by atoms with Gasteiger partial charge < -0.3 is 14.7 Å². The summed E-state index contributed by atoms with van der Waals surface area (Å²) in [6, 6.07) is 0. The van der Waals surface area contributed by atoms with Crippen molar-refractivity contribution in [2.45, 2.75) is 13.3 Å². The van der Waals surface area contributed by atoms with Gasteiger partial charge in [0.1, 0.15) is 0 Å². The average Bonchev–Trinajstić information content (AvgIpc) is 2.27. The van der Waals surface area contributed by atoms with Crippen molar-refractivity contribution >= 4 is 10.2 Å². The van der Waals surface area contributed by atoms with Crippen LogP contribution in [0.2, 0.25) is 0 Å². The van der Waals surface area contributed by atoms with Crippen molar-refractivity contribution in [3.8, 4) is 0 Å². The highest BCUT2D eigenvalue weighted by molar-refractivity contribution is 8.31. The summed E-state index contributed by atoms with van der Waals surface area (Å²) in [5, 5.41) is 0. The molecular weight excluding hydrogens is 256 g/mol. The van der Waals surface area contributed by atoms with Crippen LogP contribution in [0, 0.1) is 0 Å². The van der Waals surface area contributed by atoms with E-state index in [0.717, 1.165) is 13.1 Å². The van der Waals surface area contributed by atoms with Crippen LogP contribution in [0.1, 0.15) is 13.3 Å². The standard InChI is InChI=1S/C14H36N4S/c1-8-19(7,14-17(4)5)15-10-13-18(6)12-9-11-16(2)3/h15H,8-14H2,1-7H3. The van der Waals surface area contributed by atoms with E-state index >= 15 is 0 Å². The molecule has 0 heterocycles. The van der Waals surface area contributed by atoms with Crippen molar-refractivity contribution in [3.63, 3.8) is 0 Å². The van der Waals surface area contributed by atoms with Crippen LogP contribution in [0.4, 0.5) is 0 Å². The third-order valence-electron chi connectivity index (χ3n) is 3.27. The summed E-state index contributed by atoms with van der Waals surface area (Å²) in [4.78, 5) is 6.98. The van der Waals surface area contributed by atoms with Crippen LogP contribution in [0.15, 0.2) is 0 Å². The molecule has 19 heavy (non-hydrogen) atoms. The van der Waals surface area contributed by atoms with Gasteiger partial charge in [-0.2, -0.15) is 10.2 Å². The van der Waals surface area contributed by atoms with Crippen molar-refractivity contribution in [1.82, 2.24) is 19.4 Å². The number of hydrogen-bond donors (Lipinski definition) is 1. The first-order valence-corrected chi connectivity index (χ1v) is 9.63. The Bertz CT molecular complexity index is 223. The normalized spacial score (nSPS) is 17.2. The van der Waals surface area contributed by atoms with E-state index in [0.29, 0.717) is 0 Å². The van der Waals surface area contributed by atoms with Gasteiger partial charge in [-0.25, -0.2) is 0 Å². The molecule has 0 radical (unpaired) electrons. The fourth-order valence-electron chi connectivity index (χ4n) is 2.06. The molecule has 0 aromatic carbocycles. The van der Waals surface area contributed by atoms with Gasteiger partial charge in [0.25, 0.3) is 0 Å². The second-order valence-corrected chi connectivity index (χ2v) is 9.80. The fourth-order valence-corrected chi connectivity index (χ4v) is 4.26. The van der Waals surface area contributed by atoms with Crippen LogP contribution in [0.3, 0.4) is 0 Å². The zero-order chi connectivity index (χ0) is 14.9. The van der Waals surface area contributed by atoms with Gasteiger partial charge in [-0.15, -0.1) is 0 Å². The summed E-state index contributed by atoms with van der Waals surface area (Å²) in [5.74, 6) is 2.42. The highest BCUT2D eigenvalue weighted by Gasteiger charge is 2.15. The second kappa shape index (κ2) is 10.00. The first-order chi connectivity index (χ1) is 8.79. The molecule has 1 N–H and O–H groups in total. The SMILES string of the molecule is CCS(C)(CN(C)C)NCCN(C)CCCN(C)C. The van der Waals surface area contributed by atoms with E-state index in [4.69, 9.17) is 0 Å². The Balaban J connectivity index is 3.80. The molecule has 0 amide bonds. The predicted octanol–water partition coefficient (Wildman–Crippen LogP) is 1.35. The molecule has 4 nitrogen and oxygen atoms in total. The Morgan fingerprint density at radius 3 is 2.00 bits per heavy atom. The molecule has 0 aliphatic carbocycles. The summed E-state index contributed by atoms with van der Waals surface area (Å²) < 4.78 is 3.80. The van der Waals surface area contributed by atoms with E-state index in [9.17, 15) is 0 Å².